The van der Waals surface area contributed by atoms with Crippen molar-refractivity contribution in [3.05, 3.63) is 24.0 Å². The van der Waals surface area contributed by atoms with Gasteiger partial charge in [0, 0.05) is 0 Å². The largest absolute Gasteiger partial charge is 0.509 e. The zero-order valence-corrected chi connectivity index (χ0v) is 10.5. The Balaban J connectivity index is 2.14. The molecule has 0 bridgehead atoms. The fraction of sp³-hybridized carbons (Fsp3) is 0.538. The maximum absolute atomic E-state index is 13.5. The Kier molecular flexibility index (Phi) is 4.37. The molecule has 19 heavy (non-hydrogen) atoms. The third-order valence-electron chi connectivity index (χ3n) is 3.43. The van der Waals surface area contributed by atoms with Crippen LogP contribution in [0.3, 0.4) is 0 Å². The van der Waals surface area contributed by atoms with Crippen LogP contribution in [-0.4, -0.2) is 13.1 Å². The lowest BCUT2D eigenvalue weighted by atomic mass is 9.80. The van der Waals surface area contributed by atoms with E-state index >= 15 is 0 Å². The van der Waals surface area contributed by atoms with Crippen LogP contribution in [0.2, 0.25) is 0 Å². The fourth-order valence-electron chi connectivity index (χ4n) is 2.35. The van der Waals surface area contributed by atoms with Crippen LogP contribution in [0.5, 0.6) is 5.75 Å². The average Bonchev–Trinajstić information content (AvgIpc) is 2.59. The lowest BCUT2D eigenvalue weighted by molar-refractivity contribution is 0.176. The number of ether oxygens (including phenoxy) is 1. The molecule has 6 heteroatoms. The van der Waals surface area contributed by atoms with Crippen molar-refractivity contribution >= 4 is 12.4 Å². The summed E-state index contributed by atoms with van der Waals surface area (Å²) in [6, 6.07) is 2.37. The van der Waals surface area contributed by atoms with Crippen LogP contribution in [-0.2, 0) is 0 Å². The smallest absolute Gasteiger partial charge is 0.487 e. The van der Waals surface area contributed by atoms with Gasteiger partial charge in [-0.2, -0.15) is 0 Å². The lowest BCUT2D eigenvalue weighted by Gasteiger charge is -2.20. The van der Waals surface area contributed by atoms with Crippen molar-refractivity contribution in [1.29, 1.82) is 0 Å². The fourth-order valence-corrected chi connectivity index (χ4v) is 2.35. The first-order valence-electron chi connectivity index (χ1n) is 6.63. The van der Waals surface area contributed by atoms with Gasteiger partial charge in [0.25, 0.3) is 0 Å². The summed E-state index contributed by atoms with van der Waals surface area (Å²) < 4.78 is 56.8. The molecule has 0 spiro atoms. The van der Waals surface area contributed by atoms with Crippen LogP contribution in [0.25, 0.3) is 0 Å². The zero-order valence-electron chi connectivity index (χ0n) is 10.5. The minimum Gasteiger partial charge on any atom is -0.487 e. The van der Waals surface area contributed by atoms with Crippen LogP contribution < -0.4 is 10.2 Å². The second-order valence-electron chi connectivity index (χ2n) is 5.00. The summed E-state index contributed by atoms with van der Waals surface area (Å²) in [5, 5.41) is 0. The van der Waals surface area contributed by atoms with Crippen molar-refractivity contribution < 1.29 is 22.1 Å². The van der Waals surface area contributed by atoms with E-state index in [0.717, 1.165) is 56.7 Å². The van der Waals surface area contributed by atoms with E-state index < -0.39 is 18.3 Å². The lowest BCUT2D eigenvalue weighted by Crippen LogP contribution is -2.34. The van der Waals surface area contributed by atoms with Gasteiger partial charge in [0.15, 0.2) is 11.6 Å². The molecule has 1 aliphatic rings. The molecule has 1 fully saturated rings. The SMILES string of the molecule is Fc1ccc([B-](F)(F)F)cc1OC1CCCCCC1. The molecule has 1 aromatic carbocycles. The third kappa shape index (κ3) is 3.88. The molecule has 1 aromatic rings. The van der Waals surface area contributed by atoms with Gasteiger partial charge in [-0.15, -0.1) is 5.46 Å². The van der Waals surface area contributed by atoms with Crippen molar-refractivity contribution in [1.82, 2.24) is 0 Å². The van der Waals surface area contributed by atoms with Crippen molar-refractivity contribution in [2.75, 3.05) is 0 Å². The molecule has 0 heterocycles. The molecule has 0 N–H and O–H groups in total. The van der Waals surface area contributed by atoms with Gasteiger partial charge in [-0.1, -0.05) is 18.9 Å². The molecule has 0 aliphatic heterocycles. The predicted molar refractivity (Wildman–Crippen MR) is 67.2 cm³/mol. The van der Waals surface area contributed by atoms with E-state index in [1.54, 1.807) is 0 Å². The molecule has 1 saturated carbocycles. The Hall–Kier alpha value is -1.20. The minimum atomic E-state index is -5.12. The molecule has 0 radical (unpaired) electrons. The molecular weight excluding hydrogens is 259 g/mol. The van der Waals surface area contributed by atoms with E-state index in [-0.39, 0.29) is 11.9 Å². The molecular formula is C13H16BF4O-. The van der Waals surface area contributed by atoms with Gasteiger partial charge in [-0.25, -0.2) is 4.39 Å². The highest BCUT2D eigenvalue weighted by Gasteiger charge is 2.27. The van der Waals surface area contributed by atoms with Gasteiger partial charge in [0.05, 0.1) is 6.10 Å². The standard InChI is InChI=1S/C13H16BF4O/c15-12-8-7-10(14(16,17)18)9-13(12)19-11-5-3-1-2-4-6-11/h7-9,11H,1-6H2/q-1. The predicted octanol–water partition coefficient (Wildman–Crippen LogP) is 3.98. The van der Waals surface area contributed by atoms with Gasteiger partial charge >= 0.3 is 6.98 Å². The van der Waals surface area contributed by atoms with Crippen molar-refractivity contribution in [2.24, 2.45) is 0 Å². The number of benzene rings is 1. The Bertz CT molecular complexity index is 425. The number of hydrogen-bond donors (Lipinski definition) is 0. The van der Waals surface area contributed by atoms with Crippen LogP contribution in [0, 0.1) is 5.82 Å². The van der Waals surface area contributed by atoms with E-state index in [0.29, 0.717) is 0 Å². The molecule has 0 atom stereocenters. The van der Waals surface area contributed by atoms with Crippen molar-refractivity contribution in [2.45, 2.75) is 44.6 Å². The summed E-state index contributed by atoms with van der Waals surface area (Å²) in [6.07, 6.45) is 5.56. The van der Waals surface area contributed by atoms with Gasteiger partial charge in [-0.05, 0) is 37.8 Å². The molecule has 1 aliphatic carbocycles. The third-order valence-corrected chi connectivity index (χ3v) is 3.43. The number of hydrogen-bond acceptors (Lipinski definition) is 1. The monoisotopic (exact) mass is 275 g/mol. The van der Waals surface area contributed by atoms with Gasteiger partial charge in [-0.3, -0.25) is 0 Å². The molecule has 106 valence electrons. The summed E-state index contributed by atoms with van der Waals surface area (Å²) in [4.78, 5) is 0. The van der Waals surface area contributed by atoms with Gasteiger partial charge < -0.3 is 17.7 Å². The zero-order chi connectivity index (χ0) is 13.9. The number of rotatable bonds is 3. The maximum Gasteiger partial charge on any atom is 0.509 e. The first-order valence-corrected chi connectivity index (χ1v) is 6.63. The molecule has 0 saturated heterocycles. The Labute approximate surface area is 110 Å². The molecule has 2 rings (SSSR count). The highest BCUT2D eigenvalue weighted by atomic mass is 19.4. The minimum absolute atomic E-state index is 0.173. The summed E-state index contributed by atoms with van der Waals surface area (Å²) in [6.45, 7) is -5.12. The van der Waals surface area contributed by atoms with Crippen LogP contribution in [0.15, 0.2) is 18.2 Å². The van der Waals surface area contributed by atoms with E-state index in [1.807, 2.05) is 0 Å². The highest BCUT2D eigenvalue weighted by Crippen LogP contribution is 2.25. The first kappa shape index (κ1) is 14.2. The Morgan fingerprint density at radius 3 is 2.21 bits per heavy atom. The first-order chi connectivity index (χ1) is 8.97. The van der Waals surface area contributed by atoms with Gasteiger partial charge in [0.1, 0.15) is 0 Å². The van der Waals surface area contributed by atoms with Crippen molar-refractivity contribution in [3.8, 4) is 5.75 Å². The molecule has 0 amide bonds. The summed E-state index contributed by atoms with van der Waals surface area (Å²) >= 11 is 0. The molecule has 0 aromatic heterocycles. The highest BCUT2D eigenvalue weighted by molar-refractivity contribution is 6.73. The van der Waals surface area contributed by atoms with Crippen LogP contribution in [0.4, 0.5) is 17.3 Å². The normalized spacial score (nSPS) is 18.1. The van der Waals surface area contributed by atoms with E-state index in [2.05, 4.69) is 0 Å². The van der Waals surface area contributed by atoms with E-state index in [4.69, 9.17) is 4.74 Å². The Morgan fingerprint density at radius 1 is 1.00 bits per heavy atom. The van der Waals surface area contributed by atoms with Crippen LogP contribution in [0.1, 0.15) is 38.5 Å². The summed E-state index contributed by atoms with van der Waals surface area (Å²) in [5.41, 5.74) is -0.815. The van der Waals surface area contributed by atoms with Crippen molar-refractivity contribution in [3.63, 3.8) is 0 Å². The van der Waals surface area contributed by atoms with E-state index in [9.17, 15) is 17.3 Å². The topological polar surface area (TPSA) is 9.23 Å². The van der Waals surface area contributed by atoms with E-state index in [1.165, 1.54) is 0 Å². The maximum atomic E-state index is 13.5. The summed E-state index contributed by atoms with van der Waals surface area (Å²) in [7, 11) is 0. The summed E-state index contributed by atoms with van der Waals surface area (Å²) in [5.74, 6) is -1.00. The average molecular weight is 275 g/mol. The number of halogens is 4. The Morgan fingerprint density at radius 2 is 1.63 bits per heavy atom. The second kappa shape index (κ2) is 5.84. The second-order valence-corrected chi connectivity index (χ2v) is 5.00. The van der Waals surface area contributed by atoms with Gasteiger partial charge in [0.2, 0.25) is 0 Å². The van der Waals surface area contributed by atoms with Crippen LogP contribution >= 0.6 is 0 Å². The quantitative estimate of drug-likeness (QED) is 0.460. The molecule has 0 unspecified atom stereocenters. The molecule has 1 nitrogen and oxygen atoms in total.